The van der Waals surface area contributed by atoms with E-state index < -0.39 is 17.4 Å². The summed E-state index contributed by atoms with van der Waals surface area (Å²) < 4.78 is 5.49. The summed E-state index contributed by atoms with van der Waals surface area (Å²) in [5.41, 5.74) is -0.591. The molecule has 1 unspecified atom stereocenters. The van der Waals surface area contributed by atoms with Gasteiger partial charge in [0.2, 0.25) is 0 Å². The summed E-state index contributed by atoms with van der Waals surface area (Å²) in [6.45, 7) is 4.66. The smallest absolute Gasteiger partial charge is 0.309 e. The fourth-order valence-electron chi connectivity index (χ4n) is 2.31. The molecule has 2 rings (SSSR count). The molecule has 1 aliphatic heterocycles. The van der Waals surface area contributed by atoms with Crippen LogP contribution in [-0.2, 0) is 15.2 Å². The van der Waals surface area contributed by atoms with E-state index >= 15 is 0 Å². The zero-order valence-electron chi connectivity index (χ0n) is 12.9. The van der Waals surface area contributed by atoms with E-state index in [1.807, 2.05) is 19.9 Å². The molecule has 0 saturated heterocycles. The minimum Gasteiger partial charge on any atom is -0.493 e. The van der Waals surface area contributed by atoms with E-state index in [0.717, 1.165) is 0 Å². The molecule has 0 spiro atoms. The SMILES string of the molecule is CC(C)CNC(=O)C(=O)NCC1(O)CCOc2ccccc21. The predicted molar refractivity (Wildman–Crippen MR) is 81.3 cm³/mol. The Balaban J connectivity index is 1.97. The van der Waals surface area contributed by atoms with Gasteiger partial charge in [-0.15, -0.1) is 0 Å². The maximum absolute atomic E-state index is 11.8. The molecule has 1 atom stereocenters. The summed E-state index contributed by atoms with van der Waals surface area (Å²) in [7, 11) is 0. The number of carbonyl (C=O) groups is 2. The highest BCUT2D eigenvalue weighted by atomic mass is 16.5. The van der Waals surface area contributed by atoms with Gasteiger partial charge in [-0.25, -0.2) is 0 Å². The van der Waals surface area contributed by atoms with E-state index in [2.05, 4.69) is 10.6 Å². The molecule has 6 heteroatoms. The Kier molecular flexibility index (Phi) is 5.03. The molecule has 1 aromatic rings. The van der Waals surface area contributed by atoms with E-state index in [1.54, 1.807) is 18.2 Å². The van der Waals surface area contributed by atoms with Crippen molar-refractivity contribution in [2.75, 3.05) is 19.7 Å². The maximum Gasteiger partial charge on any atom is 0.309 e. The van der Waals surface area contributed by atoms with Crippen molar-refractivity contribution >= 4 is 11.8 Å². The second-order valence-corrected chi connectivity index (χ2v) is 5.91. The van der Waals surface area contributed by atoms with Gasteiger partial charge in [-0.1, -0.05) is 32.0 Å². The Morgan fingerprint density at radius 2 is 1.95 bits per heavy atom. The number of para-hydroxylation sites is 1. The van der Waals surface area contributed by atoms with Crippen LogP contribution in [0.25, 0.3) is 0 Å². The summed E-state index contributed by atoms with van der Waals surface area (Å²) in [5, 5.41) is 15.8. The van der Waals surface area contributed by atoms with Crippen molar-refractivity contribution in [3.63, 3.8) is 0 Å². The van der Waals surface area contributed by atoms with Gasteiger partial charge in [-0.05, 0) is 12.0 Å². The summed E-state index contributed by atoms with van der Waals surface area (Å²) in [4.78, 5) is 23.4. The van der Waals surface area contributed by atoms with Crippen LogP contribution in [0.2, 0.25) is 0 Å². The van der Waals surface area contributed by atoms with E-state index in [4.69, 9.17) is 4.74 Å². The van der Waals surface area contributed by atoms with Crippen LogP contribution in [0, 0.1) is 5.92 Å². The normalized spacial score (nSPS) is 20.0. The third-order valence-electron chi connectivity index (χ3n) is 3.58. The van der Waals surface area contributed by atoms with Crippen molar-refractivity contribution in [3.05, 3.63) is 29.8 Å². The Labute approximate surface area is 129 Å². The minimum atomic E-state index is -1.22. The zero-order chi connectivity index (χ0) is 16.2. The molecule has 0 saturated carbocycles. The van der Waals surface area contributed by atoms with Crippen LogP contribution < -0.4 is 15.4 Å². The number of ether oxygens (including phenoxy) is 1. The van der Waals surface area contributed by atoms with E-state index in [9.17, 15) is 14.7 Å². The molecule has 1 heterocycles. The Bertz CT molecular complexity index is 559. The van der Waals surface area contributed by atoms with Crippen molar-refractivity contribution in [2.45, 2.75) is 25.9 Å². The molecule has 0 bridgehead atoms. The molecule has 3 N–H and O–H groups in total. The van der Waals surface area contributed by atoms with Crippen molar-refractivity contribution < 1.29 is 19.4 Å². The van der Waals surface area contributed by atoms with Gasteiger partial charge in [0.05, 0.1) is 13.2 Å². The van der Waals surface area contributed by atoms with Crippen molar-refractivity contribution in [1.29, 1.82) is 0 Å². The topological polar surface area (TPSA) is 87.7 Å². The van der Waals surface area contributed by atoms with Gasteiger partial charge in [0.15, 0.2) is 0 Å². The first-order valence-electron chi connectivity index (χ1n) is 7.43. The number of fused-ring (bicyclic) bond motifs is 1. The predicted octanol–water partition coefficient (Wildman–Crippen LogP) is 0.545. The highest BCUT2D eigenvalue weighted by Gasteiger charge is 2.36. The number of hydrogen-bond acceptors (Lipinski definition) is 4. The van der Waals surface area contributed by atoms with Crippen LogP contribution in [-0.4, -0.2) is 36.6 Å². The summed E-state index contributed by atoms with van der Waals surface area (Å²) in [6, 6.07) is 7.16. The van der Waals surface area contributed by atoms with Crippen LogP contribution in [0.15, 0.2) is 24.3 Å². The van der Waals surface area contributed by atoms with Crippen LogP contribution in [0.1, 0.15) is 25.8 Å². The van der Waals surface area contributed by atoms with Crippen LogP contribution in [0.3, 0.4) is 0 Å². The van der Waals surface area contributed by atoms with Crippen LogP contribution in [0.4, 0.5) is 0 Å². The summed E-state index contributed by atoms with van der Waals surface area (Å²) in [6.07, 6.45) is 0.359. The number of carbonyl (C=O) groups excluding carboxylic acids is 2. The molecule has 0 radical (unpaired) electrons. The average Bonchev–Trinajstić information content (AvgIpc) is 2.51. The molecule has 0 fully saturated rings. The van der Waals surface area contributed by atoms with Gasteiger partial charge in [0, 0.05) is 18.5 Å². The molecule has 22 heavy (non-hydrogen) atoms. The Hall–Kier alpha value is -2.08. The molecule has 0 aromatic heterocycles. The molecular weight excluding hydrogens is 284 g/mol. The number of nitrogens with one attached hydrogen (secondary N) is 2. The lowest BCUT2D eigenvalue weighted by atomic mass is 9.88. The molecule has 1 aromatic carbocycles. The number of aliphatic hydroxyl groups is 1. The summed E-state index contributed by atoms with van der Waals surface area (Å²) in [5.74, 6) is -0.547. The standard InChI is InChI=1S/C16H22N2O4/c1-11(2)9-17-14(19)15(20)18-10-16(21)7-8-22-13-6-4-3-5-12(13)16/h3-6,11,21H,7-10H2,1-2H3,(H,17,19)(H,18,20). The molecule has 120 valence electrons. The third kappa shape index (κ3) is 3.76. The number of amides is 2. The highest BCUT2D eigenvalue weighted by Crippen LogP contribution is 2.36. The van der Waals surface area contributed by atoms with E-state index in [1.165, 1.54) is 0 Å². The van der Waals surface area contributed by atoms with Gasteiger partial charge < -0.3 is 20.5 Å². The van der Waals surface area contributed by atoms with Gasteiger partial charge in [0.25, 0.3) is 0 Å². The zero-order valence-corrected chi connectivity index (χ0v) is 12.9. The second-order valence-electron chi connectivity index (χ2n) is 5.91. The van der Waals surface area contributed by atoms with Crippen molar-refractivity contribution in [3.8, 4) is 5.75 Å². The average molecular weight is 306 g/mol. The highest BCUT2D eigenvalue weighted by molar-refractivity contribution is 6.35. The molecular formula is C16H22N2O4. The van der Waals surface area contributed by atoms with Gasteiger partial charge in [-0.2, -0.15) is 0 Å². The monoisotopic (exact) mass is 306 g/mol. The van der Waals surface area contributed by atoms with Gasteiger partial charge >= 0.3 is 11.8 Å². The first-order valence-corrected chi connectivity index (χ1v) is 7.43. The first kappa shape index (κ1) is 16.3. The van der Waals surface area contributed by atoms with Crippen LogP contribution in [0.5, 0.6) is 5.75 Å². The number of benzene rings is 1. The van der Waals surface area contributed by atoms with Crippen molar-refractivity contribution in [2.24, 2.45) is 5.92 Å². The lowest BCUT2D eigenvalue weighted by Crippen LogP contribution is -2.48. The van der Waals surface area contributed by atoms with Gasteiger partial charge in [-0.3, -0.25) is 9.59 Å². The third-order valence-corrected chi connectivity index (χ3v) is 3.58. The quantitative estimate of drug-likeness (QED) is 0.709. The second kappa shape index (κ2) is 6.79. The molecule has 6 nitrogen and oxygen atoms in total. The van der Waals surface area contributed by atoms with Crippen LogP contribution >= 0.6 is 0 Å². The maximum atomic E-state index is 11.8. The molecule has 1 aliphatic rings. The van der Waals surface area contributed by atoms with E-state index in [-0.39, 0.29) is 12.5 Å². The molecule has 2 amide bonds. The Morgan fingerprint density at radius 3 is 2.68 bits per heavy atom. The first-order chi connectivity index (χ1) is 10.4. The fourth-order valence-corrected chi connectivity index (χ4v) is 2.31. The minimum absolute atomic E-state index is 0.0265. The Morgan fingerprint density at radius 1 is 1.27 bits per heavy atom. The number of rotatable bonds is 4. The number of hydrogen-bond donors (Lipinski definition) is 3. The van der Waals surface area contributed by atoms with Crippen molar-refractivity contribution in [1.82, 2.24) is 10.6 Å². The molecule has 0 aliphatic carbocycles. The fraction of sp³-hybridized carbons (Fsp3) is 0.500. The largest absolute Gasteiger partial charge is 0.493 e. The van der Waals surface area contributed by atoms with E-state index in [0.29, 0.717) is 30.9 Å². The lowest BCUT2D eigenvalue weighted by molar-refractivity contribution is -0.140. The lowest BCUT2D eigenvalue weighted by Gasteiger charge is -2.34. The summed E-state index contributed by atoms with van der Waals surface area (Å²) >= 11 is 0. The van der Waals surface area contributed by atoms with Gasteiger partial charge in [0.1, 0.15) is 11.4 Å².